The number of hydrogen-bond acceptors (Lipinski definition) is 6. The van der Waals surface area contributed by atoms with Crippen LogP contribution in [0, 0.1) is 5.82 Å². The minimum atomic E-state index is -1.38. The quantitative estimate of drug-likeness (QED) is 0.373. The predicted molar refractivity (Wildman–Crippen MR) is 142 cm³/mol. The summed E-state index contributed by atoms with van der Waals surface area (Å²) in [4.78, 5) is 29.2. The van der Waals surface area contributed by atoms with Crippen molar-refractivity contribution >= 4 is 28.5 Å². The van der Waals surface area contributed by atoms with E-state index in [1.165, 1.54) is 42.0 Å². The Morgan fingerprint density at radius 1 is 1.03 bits per heavy atom. The molecule has 1 aromatic heterocycles. The van der Waals surface area contributed by atoms with Crippen LogP contribution in [0.15, 0.2) is 66.7 Å². The van der Waals surface area contributed by atoms with Gasteiger partial charge in [0.2, 0.25) is 11.8 Å². The van der Waals surface area contributed by atoms with Gasteiger partial charge < -0.3 is 14.8 Å². The van der Waals surface area contributed by atoms with Gasteiger partial charge in [0, 0.05) is 17.2 Å². The number of para-hydroxylation sites is 1. The Hall–Kier alpha value is -4.47. The molecular weight excluding hydrogens is 489 g/mol. The second-order valence-electron chi connectivity index (χ2n) is 9.70. The number of amides is 2. The molecule has 4 aromatic rings. The molecule has 1 atom stereocenters. The number of carbonyl (C=O) groups excluding carboxylic acids is 2. The smallest absolute Gasteiger partial charge is 0.249 e. The lowest BCUT2D eigenvalue weighted by molar-refractivity contribution is -0.128. The second-order valence-corrected chi connectivity index (χ2v) is 9.70. The third-order valence-electron chi connectivity index (χ3n) is 5.82. The van der Waals surface area contributed by atoms with E-state index in [9.17, 15) is 9.59 Å². The van der Waals surface area contributed by atoms with Crippen LogP contribution in [0.4, 0.5) is 10.1 Å². The van der Waals surface area contributed by atoms with E-state index in [4.69, 9.17) is 9.47 Å². The van der Waals surface area contributed by atoms with E-state index in [0.717, 1.165) is 0 Å². The van der Waals surface area contributed by atoms with Gasteiger partial charge in [-0.3, -0.25) is 14.5 Å². The summed E-state index contributed by atoms with van der Waals surface area (Å²) in [7, 11) is 2.94. The summed E-state index contributed by atoms with van der Waals surface area (Å²) in [6, 6.07) is 16.6. The number of carbonyl (C=O) groups is 2. The minimum Gasteiger partial charge on any atom is -0.497 e. The van der Waals surface area contributed by atoms with Gasteiger partial charge in [0.05, 0.1) is 25.4 Å². The van der Waals surface area contributed by atoms with Crippen LogP contribution in [0.3, 0.4) is 0 Å². The van der Waals surface area contributed by atoms with Crippen LogP contribution in [0.25, 0.3) is 11.0 Å². The number of nitrogens with zero attached hydrogens (tertiary/aromatic N) is 4. The first-order valence-electron chi connectivity index (χ1n) is 12.0. The Morgan fingerprint density at radius 3 is 2.42 bits per heavy atom. The molecule has 0 saturated heterocycles. The Labute approximate surface area is 220 Å². The summed E-state index contributed by atoms with van der Waals surface area (Å²) in [6.45, 7) is 5.16. The highest BCUT2D eigenvalue weighted by Crippen LogP contribution is 2.38. The normalized spacial score (nSPS) is 12.2. The molecule has 1 heterocycles. The zero-order valence-corrected chi connectivity index (χ0v) is 21.9. The van der Waals surface area contributed by atoms with Crippen LogP contribution in [0.5, 0.6) is 11.5 Å². The van der Waals surface area contributed by atoms with Gasteiger partial charge in [0.1, 0.15) is 35.4 Å². The van der Waals surface area contributed by atoms with Gasteiger partial charge in [-0.25, -0.2) is 9.07 Å². The molecule has 0 aliphatic heterocycles. The van der Waals surface area contributed by atoms with E-state index in [1.807, 2.05) is 32.9 Å². The van der Waals surface area contributed by atoms with Gasteiger partial charge in [-0.05, 0) is 51.1 Å². The molecule has 38 heavy (non-hydrogen) atoms. The van der Waals surface area contributed by atoms with Crippen LogP contribution in [-0.2, 0) is 16.1 Å². The SMILES string of the molecule is COc1ccc(OC)c(N(C(=O)Cn2nnc3ccccc32)C(C(=O)NC(C)(C)C)c2ccccc2F)c1. The Kier molecular flexibility index (Phi) is 7.61. The van der Waals surface area contributed by atoms with Crippen LogP contribution >= 0.6 is 0 Å². The van der Waals surface area contributed by atoms with Crippen molar-refractivity contribution in [2.45, 2.75) is 38.9 Å². The van der Waals surface area contributed by atoms with Crippen molar-refractivity contribution in [2.24, 2.45) is 0 Å². The lowest BCUT2D eigenvalue weighted by Crippen LogP contribution is -2.50. The third kappa shape index (κ3) is 5.59. The molecule has 4 rings (SSSR count). The van der Waals surface area contributed by atoms with Gasteiger partial charge in [-0.15, -0.1) is 5.10 Å². The molecule has 1 unspecified atom stereocenters. The van der Waals surface area contributed by atoms with Gasteiger partial charge in [-0.2, -0.15) is 0 Å². The van der Waals surface area contributed by atoms with E-state index in [-0.39, 0.29) is 17.8 Å². The highest BCUT2D eigenvalue weighted by molar-refractivity contribution is 6.03. The molecule has 0 aliphatic rings. The molecule has 2 amide bonds. The average molecular weight is 520 g/mol. The van der Waals surface area contributed by atoms with Crippen molar-refractivity contribution in [1.82, 2.24) is 20.3 Å². The fraction of sp³-hybridized carbons (Fsp3) is 0.286. The van der Waals surface area contributed by atoms with E-state index in [1.54, 1.807) is 36.4 Å². The second kappa shape index (κ2) is 10.9. The largest absolute Gasteiger partial charge is 0.497 e. The van der Waals surface area contributed by atoms with E-state index in [0.29, 0.717) is 22.5 Å². The maximum atomic E-state index is 15.3. The highest BCUT2D eigenvalue weighted by Gasteiger charge is 2.37. The number of fused-ring (bicyclic) bond motifs is 1. The first kappa shape index (κ1) is 26.6. The molecule has 0 radical (unpaired) electrons. The summed E-state index contributed by atoms with van der Waals surface area (Å²) >= 11 is 0. The fourth-order valence-corrected chi connectivity index (χ4v) is 4.17. The molecule has 10 heteroatoms. The van der Waals surface area contributed by atoms with Crippen LogP contribution < -0.4 is 19.7 Å². The van der Waals surface area contributed by atoms with E-state index < -0.39 is 29.2 Å². The number of benzene rings is 3. The first-order chi connectivity index (χ1) is 18.1. The molecule has 198 valence electrons. The van der Waals surface area contributed by atoms with Crippen LogP contribution in [0.2, 0.25) is 0 Å². The number of rotatable bonds is 8. The number of methoxy groups -OCH3 is 2. The zero-order valence-electron chi connectivity index (χ0n) is 21.9. The van der Waals surface area contributed by atoms with Crippen molar-refractivity contribution in [1.29, 1.82) is 0 Å². The van der Waals surface area contributed by atoms with Crippen molar-refractivity contribution < 1.29 is 23.5 Å². The summed E-state index contributed by atoms with van der Waals surface area (Å²) in [5.74, 6) is -1.01. The first-order valence-corrected chi connectivity index (χ1v) is 12.0. The highest BCUT2D eigenvalue weighted by atomic mass is 19.1. The standard InChI is InChI=1S/C28H30FN5O4/c1-28(2,3)30-27(36)26(19-10-6-7-11-20(19)29)34(23-16-18(37-4)14-15-24(23)38-5)25(35)17-33-22-13-9-8-12-21(22)31-32-33/h6-16,26H,17H2,1-5H3,(H,30,36). The van der Waals surface area contributed by atoms with Crippen molar-refractivity contribution in [2.75, 3.05) is 19.1 Å². The Bertz CT molecular complexity index is 1460. The zero-order chi connectivity index (χ0) is 27.4. The number of hydrogen-bond donors (Lipinski definition) is 1. The monoisotopic (exact) mass is 519 g/mol. The van der Waals surface area contributed by atoms with Gasteiger partial charge >= 0.3 is 0 Å². The number of aromatic nitrogens is 3. The van der Waals surface area contributed by atoms with E-state index in [2.05, 4.69) is 15.6 Å². The maximum Gasteiger partial charge on any atom is 0.249 e. The molecule has 0 aliphatic carbocycles. The molecular formula is C28H30FN5O4. The van der Waals surface area contributed by atoms with Gasteiger partial charge in [-0.1, -0.05) is 35.5 Å². The number of ether oxygens (including phenoxy) is 2. The van der Waals surface area contributed by atoms with Gasteiger partial charge in [0.25, 0.3) is 0 Å². The summed E-state index contributed by atoms with van der Waals surface area (Å²) in [5, 5.41) is 11.2. The van der Waals surface area contributed by atoms with E-state index >= 15 is 4.39 Å². The van der Waals surface area contributed by atoms with Crippen LogP contribution in [-0.4, -0.2) is 46.6 Å². The fourth-order valence-electron chi connectivity index (χ4n) is 4.17. The van der Waals surface area contributed by atoms with Gasteiger partial charge in [0.15, 0.2) is 0 Å². The third-order valence-corrected chi connectivity index (χ3v) is 5.82. The molecule has 0 spiro atoms. The molecule has 1 N–H and O–H groups in total. The molecule has 9 nitrogen and oxygen atoms in total. The lowest BCUT2D eigenvalue weighted by atomic mass is 10.00. The van der Waals surface area contributed by atoms with Crippen molar-refractivity contribution in [3.05, 3.63) is 78.1 Å². The summed E-state index contributed by atoms with van der Waals surface area (Å²) in [5.41, 5.74) is 0.854. The number of nitrogens with one attached hydrogen (secondary N) is 1. The average Bonchev–Trinajstić information content (AvgIpc) is 3.29. The lowest BCUT2D eigenvalue weighted by Gasteiger charge is -2.34. The molecule has 0 saturated carbocycles. The number of halogens is 1. The van der Waals surface area contributed by atoms with Crippen molar-refractivity contribution in [3.8, 4) is 11.5 Å². The molecule has 0 fully saturated rings. The number of anilines is 1. The topological polar surface area (TPSA) is 98.6 Å². The van der Waals surface area contributed by atoms with Crippen LogP contribution in [0.1, 0.15) is 32.4 Å². The summed E-state index contributed by atoms with van der Waals surface area (Å²) < 4.78 is 27.7. The Morgan fingerprint density at radius 2 is 1.74 bits per heavy atom. The maximum absolute atomic E-state index is 15.3. The minimum absolute atomic E-state index is 0.0240. The Balaban J connectivity index is 1.92. The molecule has 0 bridgehead atoms. The van der Waals surface area contributed by atoms with Crippen molar-refractivity contribution in [3.63, 3.8) is 0 Å². The summed E-state index contributed by atoms with van der Waals surface area (Å²) in [6.07, 6.45) is 0. The molecule has 3 aromatic carbocycles. The predicted octanol–water partition coefficient (Wildman–Crippen LogP) is 4.28.